The van der Waals surface area contributed by atoms with Gasteiger partial charge in [0.25, 0.3) is 0 Å². The molecule has 88 valence electrons. The zero-order valence-corrected chi connectivity index (χ0v) is 9.92. The number of nitrogens with one attached hydrogen (secondary N) is 1. The van der Waals surface area contributed by atoms with Gasteiger partial charge in [-0.25, -0.2) is 0 Å². The molecule has 1 aromatic carbocycles. The van der Waals surface area contributed by atoms with Crippen LogP contribution in [0.4, 0.5) is 0 Å². The quantitative estimate of drug-likeness (QED) is 0.724. The standard InChI is InChI=1S/C13H19NO2/c1-4-6-11-7-10(9-14-5-2)8-12(16-3)13(11)15/h4,7-8,14-15H,1,5-6,9H2,2-3H3. The Hall–Kier alpha value is -1.48. The van der Waals surface area contributed by atoms with E-state index in [0.717, 1.165) is 24.2 Å². The average molecular weight is 221 g/mol. The second-order valence-corrected chi connectivity index (χ2v) is 3.58. The van der Waals surface area contributed by atoms with E-state index in [4.69, 9.17) is 4.74 Å². The van der Waals surface area contributed by atoms with Gasteiger partial charge in [-0.3, -0.25) is 0 Å². The van der Waals surface area contributed by atoms with Gasteiger partial charge in [0.1, 0.15) is 0 Å². The summed E-state index contributed by atoms with van der Waals surface area (Å²) in [6.07, 6.45) is 2.41. The Morgan fingerprint density at radius 3 is 2.81 bits per heavy atom. The first-order valence-electron chi connectivity index (χ1n) is 5.43. The van der Waals surface area contributed by atoms with E-state index in [9.17, 15) is 5.11 Å². The highest BCUT2D eigenvalue weighted by Crippen LogP contribution is 2.31. The molecule has 0 aliphatic carbocycles. The van der Waals surface area contributed by atoms with Gasteiger partial charge in [0.15, 0.2) is 11.5 Å². The number of hydrogen-bond donors (Lipinski definition) is 2. The van der Waals surface area contributed by atoms with Crippen LogP contribution in [0.15, 0.2) is 24.8 Å². The Morgan fingerprint density at radius 1 is 1.50 bits per heavy atom. The number of rotatable bonds is 6. The van der Waals surface area contributed by atoms with Crippen LogP contribution < -0.4 is 10.1 Å². The predicted octanol–water partition coefficient (Wildman–Crippen LogP) is 2.24. The van der Waals surface area contributed by atoms with Crippen molar-refractivity contribution in [3.63, 3.8) is 0 Å². The van der Waals surface area contributed by atoms with Crippen LogP contribution in [-0.2, 0) is 13.0 Å². The summed E-state index contributed by atoms with van der Waals surface area (Å²) in [5, 5.41) is 13.1. The molecule has 3 nitrogen and oxygen atoms in total. The minimum absolute atomic E-state index is 0.211. The van der Waals surface area contributed by atoms with Gasteiger partial charge in [0.2, 0.25) is 0 Å². The lowest BCUT2D eigenvalue weighted by Crippen LogP contribution is -2.12. The van der Waals surface area contributed by atoms with Crippen LogP contribution in [0.2, 0.25) is 0 Å². The second kappa shape index (κ2) is 6.18. The molecular weight excluding hydrogens is 202 g/mol. The zero-order chi connectivity index (χ0) is 12.0. The molecule has 0 atom stereocenters. The first-order valence-corrected chi connectivity index (χ1v) is 5.43. The molecule has 0 bridgehead atoms. The van der Waals surface area contributed by atoms with E-state index >= 15 is 0 Å². The van der Waals surface area contributed by atoms with Gasteiger partial charge in [0, 0.05) is 12.1 Å². The van der Waals surface area contributed by atoms with E-state index in [1.807, 2.05) is 12.1 Å². The van der Waals surface area contributed by atoms with Crippen molar-refractivity contribution in [1.82, 2.24) is 5.32 Å². The molecule has 0 aromatic heterocycles. The SMILES string of the molecule is C=CCc1cc(CNCC)cc(OC)c1O. The van der Waals surface area contributed by atoms with Gasteiger partial charge < -0.3 is 15.2 Å². The Labute approximate surface area is 96.8 Å². The number of phenolic OH excluding ortho intramolecular Hbond substituents is 1. The molecular formula is C13H19NO2. The number of phenols is 1. The van der Waals surface area contributed by atoms with Crippen molar-refractivity contribution in [3.8, 4) is 11.5 Å². The second-order valence-electron chi connectivity index (χ2n) is 3.58. The van der Waals surface area contributed by atoms with Crippen molar-refractivity contribution in [3.05, 3.63) is 35.9 Å². The smallest absolute Gasteiger partial charge is 0.161 e. The molecule has 0 spiro atoms. The summed E-state index contributed by atoms with van der Waals surface area (Å²) < 4.78 is 5.14. The van der Waals surface area contributed by atoms with Crippen molar-refractivity contribution in [1.29, 1.82) is 0 Å². The first-order chi connectivity index (χ1) is 7.72. The highest BCUT2D eigenvalue weighted by atomic mass is 16.5. The third-order valence-electron chi connectivity index (χ3n) is 2.38. The maximum Gasteiger partial charge on any atom is 0.161 e. The molecule has 2 N–H and O–H groups in total. The minimum Gasteiger partial charge on any atom is -0.504 e. The number of allylic oxidation sites excluding steroid dienone is 1. The fourth-order valence-corrected chi connectivity index (χ4v) is 1.57. The summed E-state index contributed by atoms with van der Waals surface area (Å²) in [5.41, 5.74) is 1.95. The summed E-state index contributed by atoms with van der Waals surface area (Å²) in [7, 11) is 1.56. The van der Waals surface area contributed by atoms with Gasteiger partial charge in [-0.15, -0.1) is 6.58 Å². The molecule has 16 heavy (non-hydrogen) atoms. The molecule has 0 aliphatic heterocycles. The highest BCUT2D eigenvalue weighted by Gasteiger charge is 2.09. The van der Waals surface area contributed by atoms with Crippen LogP contribution in [0.5, 0.6) is 11.5 Å². The normalized spacial score (nSPS) is 10.1. The number of hydrogen-bond acceptors (Lipinski definition) is 3. The molecule has 0 radical (unpaired) electrons. The molecule has 0 unspecified atom stereocenters. The third-order valence-corrected chi connectivity index (χ3v) is 2.38. The van der Waals surface area contributed by atoms with Gasteiger partial charge in [-0.2, -0.15) is 0 Å². The monoisotopic (exact) mass is 221 g/mol. The molecule has 0 amide bonds. The Balaban J connectivity index is 3.01. The average Bonchev–Trinajstić information content (AvgIpc) is 2.30. The maximum absolute atomic E-state index is 9.88. The molecule has 0 fully saturated rings. The van der Waals surface area contributed by atoms with Crippen molar-refractivity contribution < 1.29 is 9.84 Å². The van der Waals surface area contributed by atoms with E-state index in [1.54, 1.807) is 13.2 Å². The lowest BCUT2D eigenvalue weighted by atomic mass is 10.1. The summed E-state index contributed by atoms with van der Waals surface area (Å²) in [6.45, 7) is 7.43. The summed E-state index contributed by atoms with van der Waals surface area (Å²) in [6, 6.07) is 3.83. The van der Waals surface area contributed by atoms with Gasteiger partial charge >= 0.3 is 0 Å². The van der Waals surface area contributed by atoms with E-state index in [-0.39, 0.29) is 5.75 Å². The number of ether oxygens (including phenoxy) is 1. The van der Waals surface area contributed by atoms with Crippen molar-refractivity contribution in [2.45, 2.75) is 19.9 Å². The van der Waals surface area contributed by atoms with Crippen LogP contribution >= 0.6 is 0 Å². The fourth-order valence-electron chi connectivity index (χ4n) is 1.57. The van der Waals surface area contributed by atoms with Gasteiger partial charge in [0.05, 0.1) is 7.11 Å². The van der Waals surface area contributed by atoms with Crippen LogP contribution in [0.1, 0.15) is 18.1 Å². The molecule has 0 saturated carbocycles. The van der Waals surface area contributed by atoms with E-state index in [0.29, 0.717) is 12.2 Å². The van der Waals surface area contributed by atoms with E-state index in [2.05, 4.69) is 18.8 Å². The summed E-state index contributed by atoms with van der Waals surface area (Å²) in [4.78, 5) is 0. The number of methoxy groups -OCH3 is 1. The molecule has 1 aromatic rings. The molecule has 1 rings (SSSR count). The predicted molar refractivity (Wildman–Crippen MR) is 65.9 cm³/mol. The Morgan fingerprint density at radius 2 is 2.25 bits per heavy atom. The van der Waals surface area contributed by atoms with Gasteiger partial charge in [-0.1, -0.05) is 19.1 Å². The third kappa shape index (κ3) is 3.00. The topological polar surface area (TPSA) is 41.5 Å². The Bertz CT molecular complexity index is 361. The van der Waals surface area contributed by atoms with Crippen LogP contribution in [-0.4, -0.2) is 18.8 Å². The fraction of sp³-hybridized carbons (Fsp3) is 0.385. The highest BCUT2D eigenvalue weighted by molar-refractivity contribution is 5.49. The molecule has 3 heteroatoms. The minimum atomic E-state index is 0.211. The van der Waals surface area contributed by atoms with Crippen LogP contribution in [0, 0.1) is 0 Å². The maximum atomic E-state index is 9.88. The first kappa shape index (κ1) is 12.6. The van der Waals surface area contributed by atoms with Crippen molar-refractivity contribution in [2.24, 2.45) is 0 Å². The Kier molecular flexibility index (Phi) is 4.86. The summed E-state index contributed by atoms with van der Waals surface area (Å²) >= 11 is 0. The largest absolute Gasteiger partial charge is 0.504 e. The van der Waals surface area contributed by atoms with Crippen LogP contribution in [0.25, 0.3) is 0 Å². The number of benzene rings is 1. The zero-order valence-electron chi connectivity index (χ0n) is 9.92. The van der Waals surface area contributed by atoms with Crippen molar-refractivity contribution in [2.75, 3.05) is 13.7 Å². The van der Waals surface area contributed by atoms with Gasteiger partial charge in [-0.05, 0) is 24.6 Å². The lowest BCUT2D eigenvalue weighted by molar-refractivity contribution is 0.370. The van der Waals surface area contributed by atoms with E-state index in [1.165, 1.54) is 0 Å². The molecule has 0 aliphatic rings. The van der Waals surface area contributed by atoms with Crippen molar-refractivity contribution >= 4 is 0 Å². The van der Waals surface area contributed by atoms with Crippen LogP contribution in [0.3, 0.4) is 0 Å². The molecule has 0 saturated heterocycles. The summed E-state index contributed by atoms with van der Waals surface area (Å²) in [5.74, 6) is 0.731. The van der Waals surface area contributed by atoms with E-state index < -0.39 is 0 Å². The lowest BCUT2D eigenvalue weighted by Gasteiger charge is -2.11. The number of aromatic hydroxyl groups is 1. The molecule has 0 heterocycles.